The average molecular weight is 510 g/mol. The molecular formula is C30H22O8. The van der Waals surface area contributed by atoms with Gasteiger partial charge in [0.1, 0.15) is 29.4 Å². The molecule has 0 spiro atoms. The van der Waals surface area contributed by atoms with Gasteiger partial charge in [-0.05, 0) is 36.4 Å². The number of Topliss-reactive ketones (excluding diaryl/α,β-unsaturated/α-hetero) is 1. The fraction of sp³-hybridized carbons (Fsp3) is 0.0667. The zero-order chi connectivity index (χ0) is 26.9. The molecule has 0 heterocycles. The van der Waals surface area contributed by atoms with Crippen molar-refractivity contribution in [3.63, 3.8) is 0 Å². The molecule has 0 amide bonds. The van der Waals surface area contributed by atoms with E-state index in [1.54, 1.807) is 66.7 Å². The van der Waals surface area contributed by atoms with Crippen molar-refractivity contribution in [1.82, 2.24) is 0 Å². The largest absolute Gasteiger partial charge is 0.423 e. The van der Waals surface area contributed by atoms with Crippen LogP contribution in [0.25, 0.3) is 0 Å². The zero-order valence-electron chi connectivity index (χ0n) is 20.3. The normalized spacial score (nSPS) is 10.3. The van der Waals surface area contributed by atoms with Crippen molar-refractivity contribution in [3.05, 3.63) is 125 Å². The first-order valence-corrected chi connectivity index (χ1v) is 11.5. The summed E-state index contributed by atoms with van der Waals surface area (Å²) in [4.78, 5) is 51.5. The monoisotopic (exact) mass is 510 g/mol. The number of carbonyl (C=O) groups excluding carboxylic acids is 4. The summed E-state index contributed by atoms with van der Waals surface area (Å²) in [5.41, 5.74) is 0.469. The van der Waals surface area contributed by atoms with Gasteiger partial charge >= 0.3 is 17.9 Å². The predicted molar refractivity (Wildman–Crippen MR) is 137 cm³/mol. The van der Waals surface area contributed by atoms with E-state index in [0.29, 0.717) is 0 Å². The Morgan fingerprint density at radius 2 is 0.921 bits per heavy atom. The highest BCUT2D eigenvalue weighted by atomic mass is 16.6. The van der Waals surface area contributed by atoms with Crippen LogP contribution in [0.5, 0.6) is 17.2 Å². The molecule has 0 radical (unpaired) electrons. The number of methoxy groups -OCH3 is 1. The van der Waals surface area contributed by atoms with Crippen molar-refractivity contribution < 1.29 is 38.1 Å². The molecule has 4 aromatic carbocycles. The molecule has 0 atom stereocenters. The summed E-state index contributed by atoms with van der Waals surface area (Å²) in [6, 6.07) is 26.8. The van der Waals surface area contributed by atoms with Crippen LogP contribution in [0.4, 0.5) is 0 Å². The Balaban J connectivity index is 1.79. The summed E-state index contributed by atoms with van der Waals surface area (Å²) < 4.78 is 21.6. The van der Waals surface area contributed by atoms with Crippen molar-refractivity contribution >= 4 is 23.7 Å². The number of carbonyl (C=O) groups is 4. The number of rotatable bonds is 9. The third kappa shape index (κ3) is 6.37. The van der Waals surface area contributed by atoms with E-state index in [1.807, 2.05) is 0 Å². The minimum atomic E-state index is -0.774. The zero-order valence-corrected chi connectivity index (χ0v) is 20.3. The van der Waals surface area contributed by atoms with E-state index in [0.717, 1.165) is 0 Å². The molecule has 4 aromatic rings. The summed E-state index contributed by atoms with van der Waals surface area (Å²) >= 11 is 0. The van der Waals surface area contributed by atoms with Crippen LogP contribution in [0.3, 0.4) is 0 Å². The fourth-order valence-corrected chi connectivity index (χ4v) is 3.47. The minimum absolute atomic E-state index is 0.112. The van der Waals surface area contributed by atoms with Crippen LogP contribution in [-0.4, -0.2) is 37.4 Å². The summed E-state index contributed by atoms with van der Waals surface area (Å²) in [5.74, 6) is -3.53. The van der Waals surface area contributed by atoms with Gasteiger partial charge in [0.05, 0.1) is 16.7 Å². The standard InChI is InChI=1S/C30H22O8/c1-35-19-24(31)27-25(37-29(33)21-13-7-3-8-14-21)17-23(36-28(32)20-11-5-2-6-12-20)18-26(27)38-30(34)22-15-9-4-10-16-22/h2-18H,19H2,1H3. The molecular weight excluding hydrogens is 488 g/mol. The first-order chi connectivity index (χ1) is 18.5. The highest BCUT2D eigenvalue weighted by molar-refractivity contribution is 6.05. The smallest absolute Gasteiger partial charge is 0.343 e. The maximum Gasteiger partial charge on any atom is 0.343 e. The second-order valence-electron chi connectivity index (χ2n) is 7.92. The Bertz CT molecular complexity index is 1370. The molecule has 0 saturated carbocycles. The van der Waals surface area contributed by atoms with Gasteiger partial charge < -0.3 is 18.9 Å². The Morgan fingerprint density at radius 3 is 1.29 bits per heavy atom. The minimum Gasteiger partial charge on any atom is -0.423 e. The van der Waals surface area contributed by atoms with Gasteiger partial charge in [-0.15, -0.1) is 0 Å². The quantitative estimate of drug-likeness (QED) is 0.172. The Kier molecular flexibility index (Phi) is 8.38. The van der Waals surface area contributed by atoms with Crippen molar-refractivity contribution in [2.24, 2.45) is 0 Å². The van der Waals surface area contributed by atoms with E-state index in [4.69, 9.17) is 18.9 Å². The van der Waals surface area contributed by atoms with Crippen LogP contribution in [-0.2, 0) is 4.74 Å². The molecule has 0 fully saturated rings. The van der Waals surface area contributed by atoms with Gasteiger partial charge in [-0.25, -0.2) is 14.4 Å². The lowest BCUT2D eigenvalue weighted by Gasteiger charge is -2.16. The van der Waals surface area contributed by atoms with Gasteiger partial charge in [-0.1, -0.05) is 54.6 Å². The van der Waals surface area contributed by atoms with E-state index in [1.165, 1.54) is 43.5 Å². The maximum atomic E-state index is 13.1. The third-order valence-electron chi connectivity index (χ3n) is 5.24. The molecule has 0 N–H and O–H groups in total. The van der Waals surface area contributed by atoms with Gasteiger partial charge in [0, 0.05) is 19.2 Å². The van der Waals surface area contributed by atoms with Crippen LogP contribution in [0.1, 0.15) is 41.4 Å². The lowest BCUT2D eigenvalue weighted by Crippen LogP contribution is -2.18. The third-order valence-corrected chi connectivity index (χ3v) is 5.24. The lowest BCUT2D eigenvalue weighted by molar-refractivity contribution is 0.0721. The predicted octanol–water partition coefficient (Wildman–Crippen LogP) is 5.17. The number of hydrogen-bond donors (Lipinski definition) is 0. The van der Waals surface area contributed by atoms with Crippen molar-refractivity contribution in [2.75, 3.05) is 13.7 Å². The van der Waals surface area contributed by atoms with E-state index >= 15 is 0 Å². The van der Waals surface area contributed by atoms with Crippen LogP contribution >= 0.6 is 0 Å². The van der Waals surface area contributed by atoms with E-state index < -0.39 is 30.3 Å². The second-order valence-corrected chi connectivity index (χ2v) is 7.92. The van der Waals surface area contributed by atoms with E-state index in [9.17, 15) is 19.2 Å². The number of ether oxygens (including phenoxy) is 4. The van der Waals surface area contributed by atoms with Crippen LogP contribution in [0.2, 0.25) is 0 Å². The molecule has 0 aliphatic rings. The molecule has 0 bridgehead atoms. The molecule has 4 rings (SSSR count). The average Bonchev–Trinajstić information content (AvgIpc) is 2.94. The van der Waals surface area contributed by atoms with Crippen LogP contribution in [0.15, 0.2) is 103 Å². The highest BCUT2D eigenvalue weighted by Gasteiger charge is 2.26. The lowest BCUT2D eigenvalue weighted by atomic mass is 10.1. The molecule has 0 saturated heterocycles. The molecule has 0 aliphatic heterocycles. The van der Waals surface area contributed by atoms with Gasteiger partial charge in [0.25, 0.3) is 0 Å². The number of hydrogen-bond acceptors (Lipinski definition) is 8. The van der Waals surface area contributed by atoms with Crippen LogP contribution < -0.4 is 14.2 Å². The number of benzene rings is 4. The summed E-state index contributed by atoms with van der Waals surface area (Å²) in [7, 11) is 1.32. The fourth-order valence-electron chi connectivity index (χ4n) is 3.47. The summed E-state index contributed by atoms with van der Waals surface area (Å²) in [6.07, 6.45) is 0. The van der Waals surface area contributed by atoms with E-state index in [2.05, 4.69) is 0 Å². The highest BCUT2D eigenvalue weighted by Crippen LogP contribution is 2.36. The number of esters is 3. The van der Waals surface area contributed by atoms with Crippen LogP contribution in [0, 0.1) is 0 Å². The van der Waals surface area contributed by atoms with Gasteiger partial charge in [0.2, 0.25) is 0 Å². The number of ketones is 1. The molecule has 0 aliphatic carbocycles. The van der Waals surface area contributed by atoms with Gasteiger partial charge in [0.15, 0.2) is 5.78 Å². The first-order valence-electron chi connectivity index (χ1n) is 11.5. The molecule has 0 unspecified atom stereocenters. The van der Waals surface area contributed by atoms with Crippen molar-refractivity contribution in [2.45, 2.75) is 0 Å². The first kappa shape index (κ1) is 26.0. The van der Waals surface area contributed by atoms with E-state index in [-0.39, 0.29) is 39.5 Å². The molecule has 0 aromatic heterocycles. The molecule has 8 heteroatoms. The summed E-state index contributed by atoms with van der Waals surface area (Å²) in [5, 5.41) is 0. The van der Waals surface area contributed by atoms with Gasteiger partial charge in [-0.3, -0.25) is 4.79 Å². The molecule has 190 valence electrons. The Labute approximate surface area is 218 Å². The van der Waals surface area contributed by atoms with Gasteiger partial charge in [-0.2, -0.15) is 0 Å². The Morgan fingerprint density at radius 1 is 0.553 bits per heavy atom. The molecule has 8 nitrogen and oxygen atoms in total. The van der Waals surface area contributed by atoms with Crippen molar-refractivity contribution in [1.29, 1.82) is 0 Å². The summed E-state index contributed by atoms with van der Waals surface area (Å²) in [6.45, 7) is -0.394. The maximum absolute atomic E-state index is 13.1. The molecule has 38 heavy (non-hydrogen) atoms. The Hall–Kier alpha value is -5.08. The van der Waals surface area contributed by atoms with Crippen molar-refractivity contribution in [3.8, 4) is 17.2 Å². The topological polar surface area (TPSA) is 105 Å². The SMILES string of the molecule is COCC(=O)c1c(OC(=O)c2ccccc2)cc(OC(=O)c2ccccc2)cc1OC(=O)c1ccccc1. The second kappa shape index (κ2) is 12.2.